The highest BCUT2D eigenvalue weighted by molar-refractivity contribution is 7.90. The van der Waals surface area contributed by atoms with E-state index in [4.69, 9.17) is 0 Å². The fourth-order valence-electron chi connectivity index (χ4n) is 3.22. The first-order valence-electron chi connectivity index (χ1n) is 8.81. The van der Waals surface area contributed by atoms with Gasteiger partial charge in [0.15, 0.2) is 5.82 Å². The van der Waals surface area contributed by atoms with Crippen LogP contribution in [0.15, 0.2) is 36.5 Å². The largest absolute Gasteiger partial charge is 0.372 e. The quantitative estimate of drug-likeness (QED) is 0.859. The van der Waals surface area contributed by atoms with Crippen molar-refractivity contribution in [3.63, 3.8) is 0 Å². The second-order valence-electron chi connectivity index (χ2n) is 7.01. The van der Waals surface area contributed by atoms with Gasteiger partial charge >= 0.3 is 6.03 Å². The number of hydrogen-bond acceptors (Lipinski definition) is 5. The maximum Gasteiger partial charge on any atom is 0.323 e. The van der Waals surface area contributed by atoms with Crippen molar-refractivity contribution >= 4 is 27.4 Å². The molecule has 1 atom stereocenters. The number of fused-ring (bicyclic) bond motifs is 1. The fraction of sp³-hybridized carbons (Fsp3) is 0.444. The molecule has 0 spiro atoms. The summed E-state index contributed by atoms with van der Waals surface area (Å²) in [4.78, 5) is 16.8. The minimum Gasteiger partial charge on any atom is -0.372 e. The molecule has 1 N–H and O–H groups in total. The number of urea groups is 1. The molecule has 2 heterocycles. The Kier molecular flexibility index (Phi) is 5.41. The Morgan fingerprint density at radius 3 is 2.78 bits per heavy atom. The topological polar surface area (TPSA) is 87.5 Å². The molecular formula is C18H25N5O3S. The normalized spacial score (nSPS) is 17.4. The summed E-state index contributed by atoms with van der Waals surface area (Å²) in [5, 5.41) is 7.06. The smallest absolute Gasteiger partial charge is 0.323 e. The number of para-hydroxylation sites is 1. The van der Waals surface area contributed by atoms with Crippen LogP contribution in [0.2, 0.25) is 0 Å². The predicted octanol–water partition coefficient (Wildman–Crippen LogP) is 1.80. The van der Waals surface area contributed by atoms with Crippen LogP contribution in [-0.4, -0.2) is 60.8 Å². The molecule has 8 nitrogen and oxygen atoms in total. The highest BCUT2D eigenvalue weighted by atomic mass is 32.2. The summed E-state index contributed by atoms with van der Waals surface area (Å²) in [6.07, 6.45) is 2.85. The highest BCUT2D eigenvalue weighted by Gasteiger charge is 2.27. The van der Waals surface area contributed by atoms with Crippen molar-refractivity contribution in [2.45, 2.75) is 26.1 Å². The molecule has 1 aromatic carbocycles. The van der Waals surface area contributed by atoms with Crippen LogP contribution in [0.3, 0.4) is 0 Å². The molecule has 27 heavy (non-hydrogen) atoms. The zero-order valence-corrected chi connectivity index (χ0v) is 16.6. The zero-order valence-electron chi connectivity index (χ0n) is 15.8. The highest BCUT2D eigenvalue weighted by Crippen LogP contribution is 2.26. The van der Waals surface area contributed by atoms with Crippen molar-refractivity contribution in [2.75, 3.05) is 35.8 Å². The van der Waals surface area contributed by atoms with E-state index in [1.807, 2.05) is 32.2 Å². The van der Waals surface area contributed by atoms with Gasteiger partial charge in [0.25, 0.3) is 0 Å². The second kappa shape index (κ2) is 7.59. The van der Waals surface area contributed by atoms with Crippen molar-refractivity contribution in [2.24, 2.45) is 0 Å². The number of carbonyl (C=O) groups excluding carboxylic acids is 1. The molecule has 0 saturated heterocycles. The van der Waals surface area contributed by atoms with Gasteiger partial charge in [0.05, 0.1) is 12.3 Å². The van der Waals surface area contributed by atoms with E-state index in [9.17, 15) is 13.2 Å². The Morgan fingerprint density at radius 1 is 1.30 bits per heavy atom. The molecule has 0 saturated carbocycles. The van der Waals surface area contributed by atoms with Crippen LogP contribution in [0.4, 0.5) is 16.3 Å². The maximum absolute atomic E-state index is 12.8. The van der Waals surface area contributed by atoms with E-state index in [2.05, 4.69) is 21.4 Å². The third-order valence-corrected chi connectivity index (χ3v) is 5.57. The van der Waals surface area contributed by atoms with E-state index >= 15 is 0 Å². The Labute approximate surface area is 159 Å². The van der Waals surface area contributed by atoms with E-state index in [0.29, 0.717) is 12.4 Å². The fourth-order valence-corrected chi connectivity index (χ4v) is 3.73. The maximum atomic E-state index is 12.8. The van der Waals surface area contributed by atoms with Gasteiger partial charge in [0, 0.05) is 50.4 Å². The molecule has 0 bridgehead atoms. The minimum absolute atomic E-state index is 0.00828. The number of sulfone groups is 1. The van der Waals surface area contributed by atoms with Crippen molar-refractivity contribution in [1.82, 2.24) is 14.7 Å². The molecule has 0 unspecified atom stereocenters. The number of nitrogens with zero attached hydrogens (tertiary/aromatic N) is 4. The molecule has 1 aliphatic heterocycles. The van der Waals surface area contributed by atoms with Crippen LogP contribution < -0.4 is 10.2 Å². The SMILES string of the molecule is C[C@H]1CN(C)c2ccccc2CN1C(=O)Nc1ccn(CCS(C)(=O)=O)n1. The van der Waals surface area contributed by atoms with Crippen LogP contribution in [0, 0.1) is 0 Å². The minimum atomic E-state index is -3.06. The van der Waals surface area contributed by atoms with Gasteiger partial charge in [0.2, 0.25) is 0 Å². The van der Waals surface area contributed by atoms with Crippen molar-refractivity contribution in [3.8, 4) is 0 Å². The van der Waals surface area contributed by atoms with E-state index < -0.39 is 9.84 Å². The van der Waals surface area contributed by atoms with Gasteiger partial charge in [-0.3, -0.25) is 10.00 Å². The standard InChI is InChI=1S/C18H25N5O3S/c1-14-12-21(2)16-7-5-4-6-15(16)13-23(14)18(24)19-17-8-9-22(20-17)10-11-27(3,25)26/h4-9,14H,10-13H2,1-3H3,(H,19,20,24)/t14-/m0/s1. The first kappa shape index (κ1) is 19.2. The average Bonchev–Trinajstić information content (AvgIpc) is 2.99. The lowest BCUT2D eigenvalue weighted by Gasteiger charge is -2.28. The molecule has 2 amide bonds. The zero-order chi connectivity index (χ0) is 19.6. The van der Waals surface area contributed by atoms with Gasteiger partial charge in [-0.15, -0.1) is 0 Å². The number of aryl methyl sites for hydroxylation is 1. The Bertz CT molecular complexity index is 925. The Morgan fingerprint density at radius 2 is 2.04 bits per heavy atom. The van der Waals surface area contributed by atoms with Crippen LogP contribution in [0.5, 0.6) is 0 Å². The number of rotatable bonds is 4. The lowest BCUT2D eigenvalue weighted by atomic mass is 10.1. The summed E-state index contributed by atoms with van der Waals surface area (Å²) >= 11 is 0. The first-order valence-corrected chi connectivity index (χ1v) is 10.9. The number of amides is 2. The summed E-state index contributed by atoms with van der Waals surface area (Å²) in [5.41, 5.74) is 2.22. The Balaban J connectivity index is 1.70. The lowest BCUT2D eigenvalue weighted by Crippen LogP contribution is -2.44. The molecule has 146 valence electrons. The third-order valence-electron chi connectivity index (χ3n) is 4.64. The average molecular weight is 391 g/mol. The molecule has 0 aliphatic carbocycles. The number of anilines is 2. The summed E-state index contributed by atoms with van der Waals surface area (Å²) in [6.45, 7) is 3.52. The summed E-state index contributed by atoms with van der Waals surface area (Å²) in [5.74, 6) is 0.417. The Hall–Kier alpha value is -2.55. The van der Waals surface area contributed by atoms with Crippen LogP contribution in [0.25, 0.3) is 0 Å². The summed E-state index contributed by atoms with van der Waals surface area (Å²) < 4.78 is 24.1. The van der Waals surface area contributed by atoms with E-state index in [1.165, 1.54) is 10.9 Å². The van der Waals surface area contributed by atoms with Crippen molar-refractivity contribution in [1.29, 1.82) is 0 Å². The van der Waals surface area contributed by atoms with Crippen LogP contribution in [-0.2, 0) is 22.9 Å². The van der Waals surface area contributed by atoms with Gasteiger partial charge in [-0.25, -0.2) is 13.2 Å². The first-order chi connectivity index (χ1) is 12.7. The lowest BCUT2D eigenvalue weighted by molar-refractivity contribution is 0.192. The van der Waals surface area contributed by atoms with Crippen molar-refractivity contribution < 1.29 is 13.2 Å². The van der Waals surface area contributed by atoms with Gasteiger partial charge in [-0.1, -0.05) is 18.2 Å². The third kappa shape index (κ3) is 4.79. The van der Waals surface area contributed by atoms with Gasteiger partial charge < -0.3 is 9.80 Å². The van der Waals surface area contributed by atoms with E-state index in [1.54, 1.807) is 17.2 Å². The molecular weight excluding hydrogens is 366 g/mol. The molecule has 9 heteroatoms. The number of likely N-dealkylation sites (N-methyl/N-ethyl adjacent to an activating group) is 1. The monoisotopic (exact) mass is 391 g/mol. The summed E-state index contributed by atoms with van der Waals surface area (Å²) in [6, 6.07) is 9.54. The molecule has 2 aromatic rings. The second-order valence-corrected chi connectivity index (χ2v) is 9.27. The number of aromatic nitrogens is 2. The molecule has 0 fully saturated rings. The number of nitrogens with one attached hydrogen (secondary N) is 1. The van der Waals surface area contributed by atoms with Gasteiger partial charge in [-0.05, 0) is 18.6 Å². The molecule has 0 radical (unpaired) electrons. The van der Waals surface area contributed by atoms with Crippen molar-refractivity contribution in [3.05, 3.63) is 42.1 Å². The van der Waals surface area contributed by atoms with Gasteiger partial charge in [0.1, 0.15) is 9.84 Å². The van der Waals surface area contributed by atoms with E-state index in [-0.39, 0.29) is 24.4 Å². The van der Waals surface area contributed by atoms with Crippen LogP contribution in [0.1, 0.15) is 12.5 Å². The van der Waals surface area contributed by atoms with Crippen LogP contribution >= 0.6 is 0 Å². The number of hydrogen-bond donors (Lipinski definition) is 1. The molecule has 1 aliphatic rings. The van der Waals surface area contributed by atoms with E-state index in [0.717, 1.165) is 17.8 Å². The predicted molar refractivity (Wildman–Crippen MR) is 106 cm³/mol. The summed E-state index contributed by atoms with van der Waals surface area (Å²) in [7, 11) is -1.03. The number of benzene rings is 1. The molecule has 3 rings (SSSR count). The number of carbonyl (C=O) groups is 1. The van der Waals surface area contributed by atoms with Gasteiger partial charge in [-0.2, -0.15) is 5.10 Å². The molecule has 1 aromatic heterocycles.